The van der Waals surface area contributed by atoms with Crippen LogP contribution in [0.1, 0.15) is 11.1 Å². The quantitative estimate of drug-likeness (QED) is 0.759. The smallest absolute Gasteiger partial charge is 0.128 e. The van der Waals surface area contributed by atoms with E-state index in [1.54, 1.807) is 0 Å². The van der Waals surface area contributed by atoms with Gasteiger partial charge in [0.15, 0.2) is 0 Å². The number of nitrogens with two attached hydrogens (primary N) is 1. The Hall–Kier alpha value is -1.13. The Kier molecular flexibility index (Phi) is 2.65. The molecule has 0 saturated carbocycles. The van der Waals surface area contributed by atoms with Crippen molar-refractivity contribution in [2.75, 3.05) is 25.0 Å². The van der Waals surface area contributed by atoms with Gasteiger partial charge in [-0.1, -0.05) is 0 Å². The van der Waals surface area contributed by atoms with Crippen molar-refractivity contribution in [3.8, 4) is 0 Å². The molecule has 0 spiro atoms. The number of aromatic nitrogens is 1. The first-order valence-corrected chi connectivity index (χ1v) is 4.78. The van der Waals surface area contributed by atoms with Gasteiger partial charge in [0.2, 0.25) is 0 Å². The molecule has 2 N–H and O–H groups in total. The highest BCUT2D eigenvalue weighted by Crippen LogP contribution is 2.22. The molecule has 1 aromatic heterocycles. The summed E-state index contributed by atoms with van der Waals surface area (Å²) in [6, 6.07) is 2.08. The number of likely N-dealkylation sites (N-methyl/N-ethyl adjacent to an activating group) is 1. The third-order valence-corrected chi connectivity index (χ3v) is 2.44. The fraction of sp³-hybridized carbons (Fsp3) is 0.500. The summed E-state index contributed by atoms with van der Waals surface area (Å²) < 4.78 is 5.33. The number of fused-ring (bicyclic) bond motifs is 1. The Morgan fingerprint density at radius 2 is 2.29 bits per heavy atom. The molecule has 0 aromatic carbocycles. The fourth-order valence-electron chi connectivity index (χ4n) is 1.56. The third-order valence-electron chi connectivity index (χ3n) is 2.44. The van der Waals surface area contributed by atoms with E-state index >= 15 is 0 Å². The van der Waals surface area contributed by atoms with E-state index in [4.69, 9.17) is 10.5 Å². The van der Waals surface area contributed by atoms with Crippen LogP contribution in [0.2, 0.25) is 0 Å². The van der Waals surface area contributed by atoms with Gasteiger partial charge in [-0.05, 0) is 11.6 Å². The molecule has 0 fully saturated rings. The molecule has 0 atom stereocenters. The van der Waals surface area contributed by atoms with E-state index in [0.29, 0.717) is 19.8 Å². The summed E-state index contributed by atoms with van der Waals surface area (Å²) in [5, 5.41) is 0. The summed E-state index contributed by atoms with van der Waals surface area (Å²) in [5.41, 5.74) is 7.94. The van der Waals surface area contributed by atoms with Crippen LogP contribution in [0, 0.1) is 0 Å². The number of anilines is 1. The molecule has 1 aliphatic rings. The maximum atomic E-state index is 5.49. The zero-order valence-corrected chi connectivity index (χ0v) is 8.36. The van der Waals surface area contributed by atoms with Gasteiger partial charge in [0, 0.05) is 31.9 Å². The first kappa shape index (κ1) is 9.43. The van der Waals surface area contributed by atoms with Crippen molar-refractivity contribution in [1.29, 1.82) is 0 Å². The van der Waals surface area contributed by atoms with Crippen LogP contribution in [0.5, 0.6) is 0 Å². The maximum absolute atomic E-state index is 5.49. The van der Waals surface area contributed by atoms with Crippen LogP contribution in [0.4, 0.5) is 5.82 Å². The highest BCUT2D eigenvalue weighted by Gasteiger charge is 2.13. The van der Waals surface area contributed by atoms with E-state index in [-0.39, 0.29) is 0 Å². The molecule has 4 heteroatoms. The highest BCUT2D eigenvalue weighted by atomic mass is 16.5. The van der Waals surface area contributed by atoms with Gasteiger partial charge in [-0.2, -0.15) is 0 Å². The molecule has 0 aliphatic carbocycles. The lowest BCUT2D eigenvalue weighted by molar-refractivity contribution is 0.134. The summed E-state index contributed by atoms with van der Waals surface area (Å²) in [4.78, 5) is 6.41. The van der Waals surface area contributed by atoms with E-state index in [1.165, 1.54) is 11.1 Å². The average Bonchev–Trinajstić information content (AvgIpc) is 2.64. The number of hydrogen-bond donors (Lipinski definition) is 1. The molecule has 4 nitrogen and oxygen atoms in total. The van der Waals surface area contributed by atoms with Gasteiger partial charge < -0.3 is 15.4 Å². The number of nitrogens with zero attached hydrogens (tertiary/aromatic N) is 2. The van der Waals surface area contributed by atoms with E-state index in [9.17, 15) is 0 Å². The predicted molar refractivity (Wildman–Crippen MR) is 55.1 cm³/mol. The lowest BCUT2D eigenvalue weighted by Crippen LogP contribution is -2.25. The van der Waals surface area contributed by atoms with Crippen LogP contribution < -0.4 is 10.6 Å². The minimum atomic E-state index is 0.645. The molecule has 76 valence electrons. The summed E-state index contributed by atoms with van der Waals surface area (Å²) in [7, 11) is 2.00. The molecule has 0 unspecified atom stereocenters. The topological polar surface area (TPSA) is 51.4 Å². The fourth-order valence-corrected chi connectivity index (χ4v) is 1.56. The molecular formula is C10H15N3O. The van der Waals surface area contributed by atoms with Crippen LogP contribution in [0.25, 0.3) is 0 Å². The van der Waals surface area contributed by atoms with Crippen molar-refractivity contribution in [3.63, 3.8) is 0 Å². The Balaban J connectivity index is 2.19. The minimum absolute atomic E-state index is 0.645. The van der Waals surface area contributed by atoms with Crippen LogP contribution in [-0.2, 0) is 18.0 Å². The molecule has 2 rings (SSSR count). The molecule has 0 saturated heterocycles. The SMILES string of the molecule is CN(CCN)c1cc2c(cn1)COC2. The van der Waals surface area contributed by atoms with Crippen molar-refractivity contribution in [2.45, 2.75) is 13.2 Å². The molecule has 14 heavy (non-hydrogen) atoms. The van der Waals surface area contributed by atoms with Crippen molar-refractivity contribution < 1.29 is 4.74 Å². The molecule has 2 heterocycles. The number of pyridine rings is 1. The Labute approximate surface area is 83.7 Å². The van der Waals surface area contributed by atoms with E-state index in [0.717, 1.165) is 12.4 Å². The summed E-state index contributed by atoms with van der Waals surface area (Å²) >= 11 is 0. The van der Waals surface area contributed by atoms with E-state index < -0.39 is 0 Å². The number of ether oxygens (including phenoxy) is 1. The number of rotatable bonds is 3. The average molecular weight is 193 g/mol. The van der Waals surface area contributed by atoms with Crippen LogP contribution in [0.3, 0.4) is 0 Å². The van der Waals surface area contributed by atoms with Crippen LogP contribution >= 0.6 is 0 Å². The van der Waals surface area contributed by atoms with Gasteiger partial charge in [0.25, 0.3) is 0 Å². The molecule has 1 aromatic rings. The second-order valence-electron chi connectivity index (χ2n) is 3.51. The molecule has 0 amide bonds. The van der Waals surface area contributed by atoms with E-state index in [2.05, 4.69) is 16.0 Å². The first-order chi connectivity index (χ1) is 6.81. The lowest BCUT2D eigenvalue weighted by Gasteiger charge is -2.17. The van der Waals surface area contributed by atoms with Crippen molar-refractivity contribution >= 4 is 5.82 Å². The van der Waals surface area contributed by atoms with E-state index in [1.807, 2.05) is 13.2 Å². The van der Waals surface area contributed by atoms with Gasteiger partial charge in [-0.25, -0.2) is 4.98 Å². The Bertz CT molecular complexity index is 327. The Morgan fingerprint density at radius 3 is 3.07 bits per heavy atom. The van der Waals surface area contributed by atoms with Gasteiger partial charge in [-0.15, -0.1) is 0 Å². The first-order valence-electron chi connectivity index (χ1n) is 4.78. The van der Waals surface area contributed by atoms with Gasteiger partial charge in [0.05, 0.1) is 13.2 Å². The third kappa shape index (κ3) is 1.71. The summed E-state index contributed by atoms with van der Waals surface area (Å²) in [6.45, 7) is 2.88. The molecular weight excluding hydrogens is 178 g/mol. The second-order valence-corrected chi connectivity index (χ2v) is 3.51. The number of hydrogen-bond acceptors (Lipinski definition) is 4. The van der Waals surface area contributed by atoms with Crippen molar-refractivity contribution in [1.82, 2.24) is 4.98 Å². The van der Waals surface area contributed by atoms with Crippen molar-refractivity contribution in [2.24, 2.45) is 5.73 Å². The molecule has 1 aliphatic heterocycles. The van der Waals surface area contributed by atoms with Crippen molar-refractivity contribution in [3.05, 3.63) is 23.4 Å². The standard InChI is InChI=1S/C10H15N3O/c1-13(3-2-11)10-4-8-6-14-7-9(8)5-12-10/h4-5H,2-3,6-7,11H2,1H3. The zero-order chi connectivity index (χ0) is 9.97. The minimum Gasteiger partial charge on any atom is -0.372 e. The normalized spacial score (nSPS) is 14.1. The zero-order valence-electron chi connectivity index (χ0n) is 8.36. The Morgan fingerprint density at radius 1 is 1.50 bits per heavy atom. The second kappa shape index (κ2) is 3.94. The lowest BCUT2D eigenvalue weighted by atomic mass is 10.2. The predicted octanol–water partition coefficient (Wildman–Crippen LogP) is 0.507. The van der Waals surface area contributed by atoms with Crippen LogP contribution in [0.15, 0.2) is 12.3 Å². The largest absolute Gasteiger partial charge is 0.372 e. The molecule has 0 radical (unpaired) electrons. The van der Waals surface area contributed by atoms with Gasteiger partial charge >= 0.3 is 0 Å². The summed E-state index contributed by atoms with van der Waals surface area (Å²) in [6.07, 6.45) is 1.89. The highest BCUT2D eigenvalue weighted by molar-refractivity contribution is 5.43. The van der Waals surface area contributed by atoms with Crippen LogP contribution in [-0.4, -0.2) is 25.1 Å². The molecule has 0 bridgehead atoms. The van der Waals surface area contributed by atoms with Gasteiger partial charge in [0.1, 0.15) is 5.82 Å². The maximum Gasteiger partial charge on any atom is 0.128 e. The van der Waals surface area contributed by atoms with Gasteiger partial charge in [-0.3, -0.25) is 0 Å². The monoisotopic (exact) mass is 193 g/mol. The summed E-state index contributed by atoms with van der Waals surface area (Å²) in [5.74, 6) is 0.972.